The zero-order chi connectivity index (χ0) is 13.1. The second kappa shape index (κ2) is 5.52. The number of rotatable bonds is 4. The van der Waals surface area contributed by atoms with Gasteiger partial charge >= 0.3 is 0 Å². The average Bonchev–Trinajstić information content (AvgIpc) is 2.78. The van der Waals surface area contributed by atoms with E-state index in [-0.39, 0.29) is 0 Å². The van der Waals surface area contributed by atoms with Crippen LogP contribution in [-0.4, -0.2) is 16.5 Å². The van der Waals surface area contributed by atoms with Crippen molar-refractivity contribution in [3.05, 3.63) is 28.1 Å². The summed E-state index contributed by atoms with van der Waals surface area (Å²) < 4.78 is 6.29. The Labute approximate surface area is 115 Å². The Morgan fingerprint density at radius 3 is 2.67 bits per heavy atom. The number of aryl methyl sites for hydroxylation is 1. The first kappa shape index (κ1) is 13.1. The van der Waals surface area contributed by atoms with Crippen molar-refractivity contribution in [2.24, 2.45) is 0 Å². The lowest BCUT2D eigenvalue weighted by Crippen LogP contribution is -2.07. The van der Waals surface area contributed by atoms with Crippen LogP contribution in [0.15, 0.2) is 21.2 Å². The number of halogens is 1. The molecule has 0 aliphatic carbocycles. The Balaban J connectivity index is 2.55. The minimum Gasteiger partial charge on any atom is -0.460 e. The van der Waals surface area contributed by atoms with Crippen LogP contribution < -0.4 is 5.32 Å². The second-order valence-corrected chi connectivity index (χ2v) is 4.80. The van der Waals surface area contributed by atoms with Crippen molar-refractivity contribution < 1.29 is 4.42 Å². The number of hydrogen-bond acceptors (Lipinski definition) is 4. The quantitative estimate of drug-likeness (QED) is 0.933. The van der Waals surface area contributed by atoms with E-state index in [1.54, 1.807) is 6.26 Å². The molecule has 96 valence electrons. The molecular formula is C13H16BrN3O. The fraction of sp³-hybridized carbons (Fsp3) is 0.385. The molecule has 0 amide bonds. The van der Waals surface area contributed by atoms with E-state index in [1.807, 2.05) is 13.0 Å². The molecule has 1 N–H and O–H groups in total. The monoisotopic (exact) mass is 309 g/mol. The molecule has 0 saturated heterocycles. The molecule has 0 radical (unpaired) electrons. The summed E-state index contributed by atoms with van der Waals surface area (Å²) in [5.74, 6) is 2.16. The third kappa shape index (κ3) is 2.41. The molecule has 0 aromatic carbocycles. The summed E-state index contributed by atoms with van der Waals surface area (Å²) in [5, 5.41) is 3.26. The Morgan fingerprint density at radius 2 is 2.11 bits per heavy atom. The van der Waals surface area contributed by atoms with E-state index in [4.69, 9.17) is 4.42 Å². The van der Waals surface area contributed by atoms with Gasteiger partial charge in [0.05, 0.1) is 10.7 Å². The Morgan fingerprint density at radius 1 is 1.33 bits per heavy atom. The van der Waals surface area contributed by atoms with Crippen molar-refractivity contribution in [2.45, 2.75) is 27.2 Å². The molecule has 2 rings (SSSR count). The van der Waals surface area contributed by atoms with Gasteiger partial charge in [-0.3, -0.25) is 0 Å². The highest BCUT2D eigenvalue weighted by Crippen LogP contribution is 2.29. The fourth-order valence-electron chi connectivity index (χ4n) is 1.80. The van der Waals surface area contributed by atoms with Crippen LogP contribution >= 0.6 is 15.9 Å². The Kier molecular flexibility index (Phi) is 4.01. The largest absolute Gasteiger partial charge is 0.460 e. The molecule has 2 heterocycles. The molecule has 0 fully saturated rings. The lowest BCUT2D eigenvalue weighted by Gasteiger charge is -2.11. The van der Waals surface area contributed by atoms with Gasteiger partial charge in [-0.1, -0.05) is 6.92 Å². The molecule has 2 aromatic rings. The highest BCUT2D eigenvalue weighted by Gasteiger charge is 2.15. The molecular weight excluding hydrogens is 294 g/mol. The molecule has 5 heteroatoms. The second-order valence-electron chi connectivity index (χ2n) is 3.95. The minimum absolute atomic E-state index is 0.616. The first-order valence-electron chi connectivity index (χ1n) is 6.02. The molecule has 2 aromatic heterocycles. The van der Waals surface area contributed by atoms with Crippen LogP contribution in [0, 0.1) is 6.92 Å². The molecule has 0 spiro atoms. The SMILES string of the molecule is CCNc1nc(-c2occc2Br)nc(CC)c1C. The maximum Gasteiger partial charge on any atom is 0.199 e. The van der Waals surface area contributed by atoms with Crippen LogP contribution in [0.1, 0.15) is 25.1 Å². The van der Waals surface area contributed by atoms with Crippen molar-refractivity contribution in [3.8, 4) is 11.6 Å². The normalized spacial score (nSPS) is 10.7. The van der Waals surface area contributed by atoms with E-state index in [0.29, 0.717) is 11.6 Å². The average molecular weight is 310 g/mol. The van der Waals surface area contributed by atoms with Crippen LogP contribution in [0.4, 0.5) is 5.82 Å². The minimum atomic E-state index is 0.616. The molecule has 0 bridgehead atoms. The molecule has 0 saturated carbocycles. The fourth-order valence-corrected chi connectivity index (χ4v) is 2.18. The van der Waals surface area contributed by atoms with Crippen molar-refractivity contribution in [3.63, 3.8) is 0 Å². The summed E-state index contributed by atoms with van der Waals surface area (Å²) in [5.41, 5.74) is 2.14. The van der Waals surface area contributed by atoms with E-state index in [9.17, 15) is 0 Å². The van der Waals surface area contributed by atoms with Gasteiger partial charge in [-0.25, -0.2) is 9.97 Å². The predicted octanol–water partition coefficient (Wildman–Crippen LogP) is 3.80. The van der Waals surface area contributed by atoms with Crippen LogP contribution in [0.2, 0.25) is 0 Å². The first-order chi connectivity index (χ1) is 8.67. The van der Waals surface area contributed by atoms with Crippen molar-refractivity contribution in [1.82, 2.24) is 9.97 Å². The Hall–Kier alpha value is -1.36. The molecule has 0 aliphatic heterocycles. The zero-order valence-corrected chi connectivity index (χ0v) is 12.3. The zero-order valence-electron chi connectivity index (χ0n) is 10.7. The lowest BCUT2D eigenvalue weighted by molar-refractivity contribution is 0.575. The number of aromatic nitrogens is 2. The molecule has 4 nitrogen and oxygen atoms in total. The first-order valence-corrected chi connectivity index (χ1v) is 6.81. The van der Waals surface area contributed by atoms with Gasteiger partial charge in [-0.2, -0.15) is 0 Å². The number of nitrogens with one attached hydrogen (secondary N) is 1. The lowest BCUT2D eigenvalue weighted by atomic mass is 10.2. The van der Waals surface area contributed by atoms with E-state index in [0.717, 1.165) is 34.5 Å². The summed E-state index contributed by atoms with van der Waals surface area (Å²) in [7, 11) is 0. The molecule has 0 aliphatic rings. The van der Waals surface area contributed by atoms with Gasteiger partial charge in [-0.15, -0.1) is 0 Å². The van der Waals surface area contributed by atoms with Crippen LogP contribution in [0.5, 0.6) is 0 Å². The summed E-state index contributed by atoms with van der Waals surface area (Å²) in [6, 6.07) is 1.84. The third-order valence-corrected chi connectivity index (χ3v) is 3.37. The van der Waals surface area contributed by atoms with E-state index in [1.165, 1.54) is 0 Å². The molecule has 18 heavy (non-hydrogen) atoms. The Bertz CT molecular complexity index is 551. The van der Waals surface area contributed by atoms with E-state index >= 15 is 0 Å². The summed E-state index contributed by atoms with van der Waals surface area (Å²) in [6.45, 7) is 7.01. The van der Waals surface area contributed by atoms with Crippen molar-refractivity contribution in [2.75, 3.05) is 11.9 Å². The van der Waals surface area contributed by atoms with Crippen LogP contribution in [0.3, 0.4) is 0 Å². The summed E-state index contributed by atoms with van der Waals surface area (Å²) in [6.07, 6.45) is 2.50. The van der Waals surface area contributed by atoms with Crippen molar-refractivity contribution >= 4 is 21.7 Å². The topological polar surface area (TPSA) is 51.0 Å². The predicted molar refractivity (Wildman–Crippen MR) is 75.7 cm³/mol. The molecule has 0 unspecified atom stereocenters. The number of nitrogens with zero attached hydrogens (tertiary/aromatic N) is 2. The summed E-state index contributed by atoms with van der Waals surface area (Å²) >= 11 is 3.44. The smallest absolute Gasteiger partial charge is 0.199 e. The van der Waals surface area contributed by atoms with Crippen LogP contribution in [0.25, 0.3) is 11.6 Å². The highest BCUT2D eigenvalue weighted by molar-refractivity contribution is 9.10. The van der Waals surface area contributed by atoms with E-state index in [2.05, 4.69) is 45.1 Å². The van der Waals surface area contributed by atoms with Gasteiger partial charge in [0.2, 0.25) is 0 Å². The summed E-state index contributed by atoms with van der Waals surface area (Å²) in [4.78, 5) is 9.09. The number of anilines is 1. The number of hydrogen-bond donors (Lipinski definition) is 1. The number of furan rings is 1. The maximum absolute atomic E-state index is 5.42. The van der Waals surface area contributed by atoms with E-state index < -0.39 is 0 Å². The van der Waals surface area contributed by atoms with Gasteiger partial charge in [0.15, 0.2) is 11.6 Å². The van der Waals surface area contributed by atoms with Crippen LogP contribution in [-0.2, 0) is 6.42 Å². The van der Waals surface area contributed by atoms with Gasteiger partial charge < -0.3 is 9.73 Å². The van der Waals surface area contributed by atoms with Gasteiger partial charge in [0.1, 0.15) is 5.82 Å². The standard InChI is InChI=1S/C13H16BrN3O/c1-4-10-8(3)12(15-5-2)17-13(16-10)11-9(14)6-7-18-11/h6-7H,4-5H2,1-3H3,(H,15,16,17). The van der Waals surface area contributed by atoms with Gasteiger partial charge in [0, 0.05) is 17.8 Å². The molecule has 0 atom stereocenters. The van der Waals surface area contributed by atoms with Crippen molar-refractivity contribution in [1.29, 1.82) is 0 Å². The highest BCUT2D eigenvalue weighted by atomic mass is 79.9. The maximum atomic E-state index is 5.42. The van der Waals surface area contributed by atoms with Gasteiger partial charge in [-0.05, 0) is 42.3 Å². The third-order valence-electron chi connectivity index (χ3n) is 2.75. The van der Waals surface area contributed by atoms with Gasteiger partial charge in [0.25, 0.3) is 0 Å².